The van der Waals surface area contributed by atoms with Gasteiger partial charge in [-0.15, -0.1) is 0 Å². The van der Waals surface area contributed by atoms with Crippen LogP contribution in [0.25, 0.3) is 0 Å². The number of hydrogen-bond acceptors (Lipinski definition) is 4. The highest BCUT2D eigenvalue weighted by Gasteiger charge is 2.07. The summed E-state index contributed by atoms with van der Waals surface area (Å²) in [7, 11) is 1.83. The Hall–Kier alpha value is -0.160. The molecule has 0 saturated heterocycles. The second-order valence-corrected chi connectivity index (χ2v) is 2.27. The van der Waals surface area contributed by atoms with E-state index in [-0.39, 0.29) is 6.10 Å². The fraction of sp³-hybridized carbons (Fsp3) is 1.00. The Morgan fingerprint density at radius 1 is 1.55 bits per heavy atom. The molecule has 2 atom stereocenters. The summed E-state index contributed by atoms with van der Waals surface area (Å²) in [6.45, 7) is 3.72. The molecule has 0 aliphatic rings. The summed E-state index contributed by atoms with van der Waals surface area (Å²) in [5, 5.41) is 11.9. The number of nitrogens with one attached hydrogen (secondary N) is 1. The van der Waals surface area contributed by atoms with Gasteiger partial charge < -0.3 is 19.9 Å². The van der Waals surface area contributed by atoms with Crippen LogP contribution in [0.2, 0.25) is 0 Å². The molecule has 4 nitrogen and oxygen atoms in total. The van der Waals surface area contributed by atoms with Crippen molar-refractivity contribution in [2.45, 2.75) is 26.4 Å². The lowest BCUT2D eigenvalue weighted by atomic mass is 10.4. The van der Waals surface area contributed by atoms with Crippen LogP contribution in [0.4, 0.5) is 0 Å². The zero-order chi connectivity index (χ0) is 8.69. The normalized spacial score (nSPS) is 16.4. The zero-order valence-corrected chi connectivity index (χ0v) is 7.33. The minimum absolute atomic E-state index is 0.0402. The fourth-order valence-electron chi connectivity index (χ4n) is 0.716. The molecule has 11 heavy (non-hydrogen) atoms. The van der Waals surface area contributed by atoms with E-state index < -0.39 is 6.48 Å². The molecule has 2 N–H and O–H groups in total. The summed E-state index contributed by atoms with van der Waals surface area (Å²) in [6.07, 6.45) is -0.0402. The molecule has 0 radical (unpaired) electrons. The molecule has 0 heterocycles. The second kappa shape index (κ2) is 6.54. The third-order valence-electron chi connectivity index (χ3n) is 1.15. The predicted molar refractivity (Wildman–Crippen MR) is 42.1 cm³/mol. The third-order valence-corrected chi connectivity index (χ3v) is 1.15. The highest BCUT2D eigenvalue weighted by atomic mass is 16.8. The molecular formula is C7H17NO3. The first kappa shape index (κ1) is 10.8. The summed E-state index contributed by atoms with van der Waals surface area (Å²) in [5.74, 6) is 0. The van der Waals surface area contributed by atoms with Crippen LogP contribution in [0, 0.1) is 0 Å². The van der Waals surface area contributed by atoms with Crippen molar-refractivity contribution in [2.24, 2.45) is 0 Å². The first-order chi connectivity index (χ1) is 5.20. The monoisotopic (exact) mass is 163 g/mol. The molecule has 0 spiro atoms. The van der Waals surface area contributed by atoms with Crippen LogP contribution < -0.4 is 5.32 Å². The Morgan fingerprint density at radius 3 is 2.64 bits per heavy atom. The molecule has 0 aliphatic carbocycles. The van der Waals surface area contributed by atoms with E-state index in [9.17, 15) is 0 Å². The molecule has 0 bridgehead atoms. The van der Waals surface area contributed by atoms with Gasteiger partial charge in [0, 0.05) is 13.2 Å². The summed E-state index contributed by atoms with van der Waals surface area (Å²) in [6, 6.07) is 0. The maximum absolute atomic E-state index is 8.97. The number of aliphatic hydroxyl groups is 1. The molecule has 4 heteroatoms. The van der Waals surface area contributed by atoms with E-state index in [0.29, 0.717) is 13.2 Å². The van der Waals surface area contributed by atoms with E-state index in [2.05, 4.69) is 5.32 Å². The van der Waals surface area contributed by atoms with Gasteiger partial charge in [-0.05, 0) is 20.9 Å². The Balaban J connectivity index is 3.32. The van der Waals surface area contributed by atoms with E-state index >= 15 is 0 Å². The van der Waals surface area contributed by atoms with E-state index in [1.165, 1.54) is 0 Å². The molecule has 0 aliphatic heterocycles. The Bertz CT molecular complexity index is 79.8. The summed E-state index contributed by atoms with van der Waals surface area (Å²) >= 11 is 0. The predicted octanol–water partition coefficient (Wildman–Crippen LogP) is -0.0767. The van der Waals surface area contributed by atoms with Crippen molar-refractivity contribution in [3.8, 4) is 0 Å². The van der Waals surface area contributed by atoms with Crippen LogP contribution in [0.15, 0.2) is 0 Å². The maximum atomic E-state index is 8.97. The van der Waals surface area contributed by atoms with Gasteiger partial charge in [-0.3, -0.25) is 0 Å². The van der Waals surface area contributed by atoms with E-state index in [1.54, 1.807) is 6.92 Å². The van der Waals surface area contributed by atoms with Crippen molar-refractivity contribution >= 4 is 0 Å². The van der Waals surface area contributed by atoms with Gasteiger partial charge in [0.25, 0.3) is 6.48 Å². The van der Waals surface area contributed by atoms with Crippen molar-refractivity contribution in [3.05, 3.63) is 0 Å². The highest BCUT2D eigenvalue weighted by molar-refractivity contribution is 4.50. The van der Waals surface area contributed by atoms with Crippen LogP contribution in [-0.4, -0.2) is 37.9 Å². The molecule has 0 aromatic rings. The molecule has 2 unspecified atom stereocenters. The van der Waals surface area contributed by atoms with Gasteiger partial charge in [-0.1, -0.05) is 0 Å². The van der Waals surface area contributed by atoms with Crippen LogP contribution in [-0.2, 0) is 9.47 Å². The summed E-state index contributed by atoms with van der Waals surface area (Å²) in [4.78, 5) is 0. The van der Waals surface area contributed by atoms with E-state index in [1.807, 2.05) is 14.0 Å². The number of ether oxygens (including phenoxy) is 2. The fourth-order valence-corrected chi connectivity index (χ4v) is 0.716. The topological polar surface area (TPSA) is 50.7 Å². The molecular weight excluding hydrogens is 146 g/mol. The number of rotatable bonds is 6. The molecule has 0 amide bonds. The van der Waals surface area contributed by atoms with Gasteiger partial charge in [0.1, 0.15) is 0 Å². The number of likely N-dealkylation sites (N-methyl/N-ethyl adjacent to an activating group) is 1. The molecule has 0 aromatic heterocycles. The van der Waals surface area contributed by atoms with E-state index in [4.69, 9.17) is 14.6 Å². The first-order valence-corrected chi connectivity index (χ1v) is 3.80. The van der Waals surface area contributed by atoms with Gasteiger partial charge in [0.05, 0.1) is 6.10 Å². The third kappa shape index (κ3) is 6.25. The van der Waals surface area contributed by atoms with Crippen LogP contribution in [0.1, 0.15) is 13.8 Å². The van der Waals surface area contributed by atoms with Gasteiger partial charge in [0.2, 0.25) is 0 Å². The average Bonchev–Trinajstić information content (AvgIpc) is 1.87. The lowest BCUT2D eigenvalue weighted by Crippen LogP contribution is -2.29. The summed E-state index contributed by atoms with van der Waals surface area (Å²) in [5.41, 5.74) is 0. The Kier molecular flexibility index (Phi) is 6.45. The highest BCUT2D eigenvalue weighted by Crippen LogP contribution is 1.95. The quantitative estimate of drug-likeness (QED) is 0.538. The largest absolute Gasteiger partial charge is 0.346 e. The molecule has 0 aromatic carbocycles. The Labute approximate surface area is 67.5 Å². The van der Waals surface area contributed by atoms with Crippen LogP contribution in [0.3, 0.4) is 0 Å². The van der Waals surface area contributed by atoms with E-state index in [0.717, 1.165) is 0 Å². The van der Waals surface area contributed by atoms with Crippen molar-refractivity contribution in [1.29, 1.82) is 0 Å². The Morgan fingerprint density at radius 2 is 2.18 bits per heavy atom. The zero-order valence-electron chi connectivity index (χ0n) is 7.33. The standard InChI is InChI=1S/C7H17NO3/c1-4-10-7(9)11-6(2)5-8-3/h6-9H,4-5H2,1-3H3. The summed E-state index contributed by atoms with van der Waals surface area (Å²) < 4.78 is 9.77. The van der Waals surface area contributed by atoms with Crippen molar-refractivity contribution in [2.75, 3.05) is 20.2 Å². The number of hydrogen-bond donors (Lipinski definition) is 2. The number of aliphatic hydroxyl groups excluding tert-OH is 1. The first-order valence-electron chi connectivity index (χ1n) is 3.80. The maximum Gasteiger partial charge on any atom is 0.269 e. The van der Waals surface area contributed by atoms with Crippen molar-refractivity contribution < 1.29 is 14.6 Å². The molecule has 0 rings (SSSR count). The van der Waals surface area contributed by atoms with Gasteiger partial charge >= 0.3 is 0 Å². The van der Waals surface area contributed by atoms with Crippen molar-refractivity contribution in [3.63, 3.8) is 0 Å². The second-order valence-electron chi connectivity index (χ2n) is 2.27. The van der Waals surface area contributed by atoms with Crippen molar-refractivity contribution in [1.82, 2.24) is 5.32 Å². The SMILES string of the molecule is CCOC(O)OC(C)CNC. The van der Waals surface area contributed by atoms with Gasteiger partial charge in [0.15, 0.2) is 0 Å². The minimum atomic E-state index is -1.09. The van der Waals surface area contributed by atoms with Gasteiger partial charge in [-0.25, -0.2) is 0 Å². The lowest BCUT2D eigenvalue weighted by Gasteiger charge is -2.16. The molecule has 0 fully saturated rings. The molecule has 68 valence electrons. The smallest absolute Gasteiger partial charge is 0.269 e. The molecule has 0 saturated carbocycles. The minimum Gasteiger partial charge on any atom is -0.346 e. The lowest BCUT2D eigenvalue weighted by molar-refractivity contribution is -0.276. The van der Waals surface area contributed by atoms with Gasteiger partial charge in [-0.2, -0.15) is 0 Å². The average molecular weight is 163 g/mol. The van der Waals surface area contributed by atoms with Crippen LogP contribution in [0.5, 0.6) is 0 Å². The van der Waals surface area contributed by atoms with Crippen LogP contribution >= 0.6 is 0 Å².